The third-order valence-corrected chi connectivity index (χ3v) is 8.37. The number of sulfonamides is 1. The minimum atomic E-state index is -4.22. The van der Waals surface area contributed by atoms with Gasteiger partial charge in [0.15, 0.2) is 0 Å². The first-order valence-electron chi connectivity index (χ1n) is 11.4. The molecule has 0 fully saturated rings. The highest BCUT2D eigenvalue weighted by Gasteiger charge is 2.33. The first kappa shape index (κ1) is 29.0. The van der Waals surface area contributed by atoms with Gasteiger partial charge in [-0.05, 0) is 61.9 Å². The van der Waals surface area contributed by atoms with Gasteiger partial charge in [0.25, 0.3) is 10.0 Å². The standard InChI is InChI=1S/C26H26BrCl2N3O4S/c1-3-30-26(34)18(2)31(16-19-8-7-9-20(27)14-19)25(33)17-32(24-15-21(28)12-13-23(24)29)37(35,36)22-10-5-4-6-11-22/h4-15,18H,3,16-17H2,1-2H3,(H,30,34)/t18-/m1/s1. The van der Waals surface area contributed by atoms with Gasteiger partial charge in [0, 0.05) is 22.6 Å². The van der Waals surface area contributed by atoms with Gasteiger partial charge in [-0.1, -0.05) is 69.5 Å². The van der Waals surface area contributed by atoms with Crippen LogP contribution in [0.3, 0.4) is 0 Å². The molecule has 196 valence electrons. The average Bonchev–Trinajstić information content (AvgIpc) is 2.87. The Kier molecular flexibility index (Phi) is 10.0. The molecule has 1 atom stereocenters. The molecule has 0 aromatic heterocycles. The van der Waals surface area contributed by atoms with E-state index in [9.17, 15) is 18.0 Å². The van der Waals surface area contributed by atoms with Crippen LogP contribution in [0.25, 0.3) is 0 Å². The van der Waals surface area contributed by atoms with Crippen LogP contribution in [0.2, 0.25) is 10.0 Å². The number of hydrogen-bond donors (Lipinski definition) is 1. The Balaban J connectivity index is 2.06. The van der Waals surface area contributed by atoms with E-state index >= 15 is 0 Å². The average molecular weight is 627 g/mol. The maximum Gasteiger partial charge on any atom is 0.264 e. The van der Waals surface area contributed by atoms with E-state index in [0.717, 1.165) is 14.3 Å². The molecular weight excluding hydrogens is 601 g/mol. The zero-order valence-electron chi connectivity index (χ0n) is 20.2. The summed E-state index contributed by atoms with van der Waals surface area (Å²) in [6, 6.07) is 18.6. The third kappa shape index (κ3) is 7.25. The molecule has 3 rings (SSSR count). The lowest BCUT2D eigenvalue weighted by Crippen LogP contribution is -2.51. The van der Waals surface area contributed by atoms with Crippen LogP contribution in [0.5, 0.6) is 0 Å². The monoisotopic (exact) mass is 625 g/mol. The fourth-order valence-corrected chi connectivity index (χ4v) is 5.98. The molecule has 0 heterocycles. The van der Waals surface area contributed by atoms with Gasteiger partial charge in [-0.2, -0.15) is 0 Å². The molecule has 0 radical (unpaired) electrons. The lowest BCUT2D eigenvalue weighted by atomic mass is 10.1. The number of likely N-dealkylation sites (N-methyl/N-ethyl adjacent to an activating group) is 1. The number of halogens is 3. The number of nitrogens with zero attached hydrogens (tertiary/aromatic N) is 2. The summed E-state index contributed by atoms with van der Waals surface area (Å²) in [4.78, 5) is 27.9. The highest BCUT2D eigenvalue weighted by molar-refractivity contribution is 9.10. The summed E-state index contributed by atoms with van der Waals surface area (Å²) in [5.41, 5.74) is 0.816. The summed E-state index contributed by atoms with van der Waals surface area (Å²) < 4.78 is 29.2. The molecule has 2 amide bonds. The predicted octanol–water partition coefficient (Wildman–Crippen LogP) is 5.50. The van der Waals surface area contributed by atoms with E-state index < -0.39 is 28.5 Å². The van der Waals surface area contributed by atoms with Crippen LogP contribution in [-0.2, 0) is 26.2 Å². The molecule has 0 spiro atoms. The van der Waals surface area contributed by atoms with Crippen LogP contribution in [0.1, 0.15) is 19.4 Å². The smallest absolute Gasteiger partial charge is 0.264 e. The number of hydrogen-bond acceptors (Lipinski definition) is 4. The number of benzene rings is 3. The van der Waals surface area contributed by atoms with Gasteiger partial charge in [-0.25, -0.2) is 8.42 Å². The van der Waals surface area contributed by atoms with Crippen LogP contribution in [0, 0.1) is 0 Å². The Bertz CT molecular complexity index is 1370. The lowest BCUT2D eigenvalue weighted by molar-refractivity contribution is -0.139. The molecule has 1 N–H and O–H groups in total. The molecule has 0 aliphatic rings. The van der Waals surface area contributed by atoms with Gasteiger partial charge in [0.05, 0.1) is 15.6 Å². The molecule has 3 aromatic rings. The zero-order valence-corrected chi connectivity index (χ0v) is 24.1. The molecular formula is C26H26BrCl2N3O4S. The van der Waals surface area contributed by atoms with Crippen molar-refractivity contribution in [2.75, 3.05) is 17.4 Å². The maximum absolute atomic E-state index is 13.8. The molecule has 7 nitrogen and oxygen atoms in total. The van der Waals surface area contributed by atoms with Crippen molar-refractivity contribution in [3.05, 3.63) is 92.9 Å². The van der Waals surface area contributed by atoms with E-state index in [2.05, 4.69) is 21.2 Å². The van der Waals surface area contributed by atoms with Crippen LogP contribution in [0.4, 0.5) is 5.69 Å². The SMILES string of the molecule is CCNC(=O)[C@@H](C)N(Cc1cccc(Br)c1)C(=O)CN(c1cc(Cl)ccc1Cl)S(=O)(=O)c1ccccc1. The van der Waals surface area contributed by atoms with Crippen molar-refractivity contribution in [1.29, 1.82) is 0 Å². The fraction of sp³-hybridized carbons (Fsp3) is 0.231. The van der Waals surface area contributed by atoms with Gasteiger partial charge >= 0.3 is 0 Å². The fourth-order valence-electron chi connectivity index (χ4n) is 3.65. The van der Waals surface area contributed by atoms with Crippen molar-refractivity contribution >= 4 is 66.7 Å². The Hall–Kier alpha value is -2.59. The molecule has 0 unspecified atom stereocenters. The highest BCUT2D eigenvalue weighted by atomic mass is 79.9. The van der Waals surface area contributed by atoms with Gasteiger partial charge in [-0.15, -0.1) is 0 Å². The van der Waals surface area contributed by atoms with E-state index in [0.29, 0.717) is 6.54 Å². The van der Waals surface area contributed by atoms with Gasteiger partial charge < -0.3 is 10.2 Å². The van der Waals surface area contributed by atoms with Crippen molar-refractivity contribution in [3.63, 3.8) is 0 Å². The third-order valence-electron chi connectivity index (χ3n) is 5.55. The minimum Gasteiger partial charge on any atom is -0.355 e. The molecule has 0 bridgehead atoms. The first-order chi connectivity index (χ1) is 17.5. The van der Waals surface area contributed by atoms with E-state index in [4.69, 9.17) is 23.2 Å². The lowest BCUT2D eigenvalue weighted by Gasteiger charge is -2.32. The van der Waals surface area contributed by atoms with Crippen molar-refractivity contribution < 1.29 is 18.0 Å². The zero-order chi connectivity index (χ0) is 27.2. The molecule has 0 aliphatic carbocycles. The second-order valence-electron chi connectivity index (χ2n) is 8.14. The van der Waals surface area contributed by atoms with Crippen LogP contribution in [-0.4, -0.2) is 44.3 Å². The van der Waals surface area contributed by atoms with Gasteiger partial charge in [0.2, 0.25) is 11.8 Å². The number of amides is 2. The minimum absolute atomic E-state index is 0.0193. The van der Waals surface area contributed by atoms with Crippen molar-refractivity contribution in [1.82, 2.24) is 10.2 Å². The van der Waals surface area contributed by atoms with E-state index in [1.807, 2.05) is 24.3 Å². The molecule has 37 heavy (non-hydrogen) atoms. The van der Waals surface area contributed by atoms with Gasteiger partial charge in [-0.3, -0.25) is 13.9 Å². The Labute approximate surface area is 235 Å². The molecule has 0 saturated carbocycles. The van der Waals surface area contributed by atoms with Crippen molar-refractivity contribution in [3.8, 4) is 0 Å². The van der Waals surface area contributed by atoms with Crippen molar-refractivity contribution in [2.24, 2.45) is 0 Å². The van der Waals surface area contributed by atoms with Crippen LogP contribution >= 0.6 is 39.1 Å². The second kappa shape index (κ2) is 12.8. The number of rotatable bonds is 10. The Morgan fingerprint density at radius 3 is 2.35 bits per heavy atom. The summed E-state index contributed by atoms with van der Waals surface area (Å²) in [7, 11) is -4.22. The summed E-state index contributed by atoms with van der Waals surface area (Å²) in [6.07, 6.45) is 0. The second-order valence-corrected chi connectivity index (χ2v) is 11.8. The summed E-state index contributed by atoms with van der Waals surface area (Å²) in [5, 5.41) is 3.08. The van der Waals surface area contributed by atoms with E-state index in [1.54, 1.807) is 32.0 Å². The Morgan fingerprint density at radius 2 is 1.70 bits per heavy atom. The normalized spacial score (nSPS) is 12.0. The van der Waals surface area contributed by atoms with Crippen LogP contribution in [0.15, 0.2) is 82.2 Å². The predicted molar refractivity (Wildman–Crippen MR) is 150 cm³/mol. The number of carbonyl (C=O) groups is 2. The van der Waals surface area contributed by atoms with E-state index in [1.165, 1.54) is 35.2 Å². The van der Waals surface area contributed by atoms with Crippen molar-refractivity contribution in [2.45, 2.75) is 31.3 Å². The summed E-state index contributed by atoms with van der Waals surface area (Å²) >= 11 is 16.0. The van der Waals surface area contributed by atoms with Gasteiger partial charge in [0.1, 0.15) is 12.6 Å². The highest BCUT2D eigenvalue weighted by Crippen LogP contribution is 2.33. The summed E-state index contributed by atoms with van der Waals surface area (Å²) in [5.74, 6) is -0.946. The number of carbonyl (C=O) groups excluding carboxylic acids is 2. The van der Waals surface area contributed by atoms with Crippen LogP contribution < -0.4 is 9.62 Å². The van der Waals surface area contributed by atoms with E-state index in [-0.39, 0.29) is 33.1 Å². The topological polar surface area (TPSA) is 86.8 Å². The maximum atomic E-state index is 13.8. The molecule has 11 heteroatoms. The Morgan fingerprint density at radius 1 is 1.00 bits per heavy atom. The molecule has 3 aromatic carbocycles. The summed E-state index contributed by atoms with van der Waals surface area (Å²) in [6.45, 7) is 3.24. The first-order valence-corrected chi connectivity index (χ1v) is 14.4. The number of nitrogens with one attached hydrogen (secondary N) is 1. The number of anilines is 1. The quantitative estimate of drug-likeness (QED) is 0.322. The largest absolute Gasteiger partial charge is 0.355 e. The molecule has 0 saturated heterocycles. The molecule has 0 aliphatic heterocycles.